The number of carbonyl (C=O) groups is 2. The minimum atomic E-state index is -1.83. The second kappa shape index (κ2) is 9.29. The number of carbonyl (C=O) groups excluding carboxylic acids is 2. The topological polar surface area (TPSA) is 109 Å². The molecule has 0 unspecified atom stereocenters. The number of hydrogen-bond donors (Lipinski definition) is 3. The molecule has 1 aliphatic rings. The van der Waals surface area contributed by atoms with E-state index in [1.807, 2.05) is 0 Å². The van der Waals surface area contributed by atoms with Crippen LogP contribution in [0.1, 0.15) is 39.7 Å². The second-order valence-electron chi connectivity index (χ2n) is 9.23. The molecule has 0 fully saturated rings. The lowest BCUT2D eigenvalue weighted by Crippen LogP contribution is -2.52. The number of halogens is 4. The third-order valence-electron chi connectivity index (χ3n) is 5.14. The van der Waals surface area contributed by atoms with Gasteiger partial charge in [0.2, 0.25) is 11.9 Å². The molecule has 0 aromatic heterocycles. The third-order valence-corrected chi connectivity index (χ3v) is 5.37. The molecule has 8 nitrogen and oxygen atoms in total. The van der Waals surface area contributed by atoms with E-state index in [9.17, 15) is 18.4 Å². The number of nitrogens with one attached hydrogen (secondary N) is 2. The van der Waals surface area contributed by atoms with Crippen LogP contribution in [0.15, 0.2) is 29.3 Å². The van der Waals surface area contributed by atoms with Crippen LogP contribution in [0, 0.1) is 17.5 Å². The van der Waals surface area contributed by atoms with Crippen molar-refractivity contribution in [3.8, 4) is 0 Å². The first-order valence-electron chi connectivity index (χ1n) is 10.5. The molecule has 2 aromatic rings. The fourth-order valence-corrected chi connectivity index (χ4v) is 3.67. The van der Waals surface area contributed by atoms with Gasteiger partial charge in [-0.1, -0.05) is 11.6 Å². The normalized spacial score (nSPS) is 18.3. The summed E-state index contributed by atoms with van der Waals surface area (Å²) in [5.74, 6) is -4.69. The van der Waals surface area contributed by atoms with E-state index in [1.54, 1.807) is 20.8 Å². The zero-order chi connectivity index (χ0) is 26.3. The Kier molecular flexibility index (Phi) is 6.94. The molecular formula is C23H25ClF3N5O3. The average Bonchev–Trinajstić information content (AvgIpc) is 2.69. The molecule has 188 valence electrons. The van der Waals surface area contributed by atoms with E-state index in [-0.39, 0.29) is 22.4 Å². The molecule has 1 atom stereocenters. The highest BCUT2D eigenvalue weighted by Crippen LogP contribution is 2.40. The van der Waals surface area contributed by atoms with Gasteiger partial charge in [0.25, 0.3) is 0 Å². The third kappa shape index (κ3) is 5.61. The first-order valence-corrected chi connectivity index (χ1v) is 10.9. The molecule has 35 heavy (non-hydrogen) atoms. The van der Waals surface area contributed by atoms with Gasteiger partial charge in [0.15, 0.2) is 11.6 Å². The van der Waals surface area contributed by atoms with E-state index >= 15 is 4.39 Å². The van der Waals surface area contributed by atoms with Crippen LogP contribution in [0.4, 0.5) is 35.0 Å². The zero-order valence-corrected chi connectivity index (χ0v) is 20.5. The molecule has 12 heteroatoms. The smallest absolute Gasteiger partial charge is 0.414 e. The van der Waals surface area contributed by atoms with Gasteiger partial charge in [-0.05, 0) is 45.9 Å². The number of alkyl carbamates (subject to hydrolysis) is 1. The Balaban J connectivity index is 2.09. The summed E-state index contributed by atoms with van der Waals surface area (Å²) in [6.07, 6.45) is -1.37. The summed E-state index contributed by atoms with van der Waals surface area (Å²) in [6.45, 7) is 6.21. The van der Waals surface area contributed by atoms with E-state index in [1.165, 1.54) is 32.2 Å². The number of hydrogen-bond acceptors (Lipinski definition) is 6. The Morgan fingerprint density at radius 2 is 1.89 bits per heavy atom. The Morgan fingerprint density at radius 1 is 1.23 bits per heavy atom. The molecule has 0 bridgehead atoms. The molecule has 2 amide bonds. The number of nitrogens with two attached hydrogens (primary N) is 1. The van der Waals surface area contributed by atoms with Crippen LogP contribution < -0.4 is 16.4 Å². The summed E-state index contributed by atoms with van der Waals surface area (Å²) in [5, 5.41) is 5.08. The summed E-state index contributed by atoms with van der Waals surface area (Å²) in [5.41, 5.74) is 2.03. The highest BCUT2D eigenvalue weighted by Gasteiger charge is 2.42. The lowest BCUT2D eigenvalue weighted by Gasteiger charge is -2.35. The monoisotopic (exact) mass is 511 g/mol. The van der Waals surface area contributed by atoms with Gasteiger partial charge in [-0.25, -0.2) is 23.0 Å². The number of nitrogens with zero attached hydrogens (tertiary/aromatic N) is 2. The predicted molar refractivity (Wildman–Crippen MR) is 127 cm³/mol. The van der Waals surface area contributed by atoms with Gasteiger partial charge in [-0.2, -0.15) is 0 Å². The highest BCUT2D eigenvalue weighted by molar-refractivity contribution is 6.31. The number of ether oxygens (including phenoxy) is 1. The molecule has 0 aliphatic carbocycles. The summed E-state index contributed by atoms with van der Waals surface area (Å²) in [4.78, 5) is 30.2. The van der Waals surface area contributed by atoms with Crippen LogP contribution in [-0.2, 0) is 15.1 Å². The van der Waals surface area contributed by atoms with Gasteiger partial charge in [-0.3, -0.25) is 15.0 Å². The number of benzene rings is 2. The Labute approximate surface area is 205 Å². The minimum absolute atomic E-state index is 0.0910. The van der Waals surface area contributed by atoms with Crippen molar-refractivity contribution in [1.29, 1.82) is 0 Å². The zero-order valence-electron chi connectivity index (χ0n) is 19.7. The van der Waals surface area contributed by atoms with Crippen LogP contribution in [0.5, 0.6) is 0 Å². The molecule has 0 saturated carbocycles. The maximum Gasteiger partial charge on any atom is 0.414 e. The Morgan fingerprint density at radius 3 is 2.51 bits per heavy atom. The summed E-state index contributed by atoms with van der Waals surface area (Å²) in [7, 11) is 1.34. The quantitative estimate of drug-likeness (QED) is 0.500. The van der Waals surface area contributed by atoms with Crippen LogP contribution in [0.2, 0.25) is 5.02 Å². The standard InChI is InChI=1S/C23H25ClF3N5O3/c1-22(2,3)35-21(34)30-20-31-23(4,10-16(33)32(20)5)17-12(25)9-13(26)19(18(17)27)29-15-8-11(24)6-7-14(15)28/h6-9,29H,10,28H2,1-5H3,(H,30,31,34)/t23-/m0/s1. The number of amides is 2. The van der Waals surface area contributed by atoms with Crippen LogP contribution in [0.3, 0.4) is 0 Å². The fraction of sp³-hybridized carbons (Fsp3) is 0.348. The van der Waals surface area contributed by atoms with Crippen molar-refractivity contribution in [3.63, 3.8) is 0 Å². The van der Waals surface area contributed by atoms with Crippen LogP contribution >= 0.6 is 11.6 Å². The van der Waals surface area contributed by atoms with Gasteiger partial charge in [0, 0.05) is 18.1 Å². The van der Waals surface area contributed by atoms with Gasteiger partial charge in [-0.15, -0.1) is 0 Å². The SMILES string of the molecule is CN1C(=O)C[C@@](C)(c2c(F)cc(F)c(Nc3cc(Cl)ccc3N)c2F)N=C1NC(=O)OC(C)(C)C. The van der Waals surface area contributed by atoms with E-state index in [0.29, 0.717) is 6.07 Å². The maximum absolute atomic E-state index is 15.7. The van der Waals surface area contributed by atoms with Crippen molar-refractivity contribution in [1.82, 2.24) is 10.2 Å². The lowest BCUT2D eigenvalue weighted by atomic mass is 9.86. The average molecular weight is 512 g/mol. The number of aliphatic imine (C=N–C) groups is 1. The van der Waals surface area contributed by atoms with Gasteiger partial charge in [0.05, 0.1) is 23.4 Å². The van der Waals surface area contributed by atoms with Crippen molar-refractivity contribution in [2.24, 2.45) is 4.99 Å². The first kappa shape index (κ1) is 26.1. The van der Waals surface area contributed by atoms with Gasteiger partial charge >= 0.3 is 6.09 Å². The van der Waals surface area contributed by atoms with E-state index < -0.39 is 58.3 Å². The Hall–Kier alpha value is -3.47. The Bertz CT molecular complexity index is 1230. The van der Waals surface area contributed by atoms with E-state index in [2.05, 4.69) is 15.6 Å². The molecule has 3 rings (SSSR count). The molecule has 4 N–H and O–H groups in total. The largest absolute Gasteiger partial charge is 0.444 e. The van der Waals surface area contributed by atoms with Crippen molar-refractivity contribution >= 4 is 46.6 Å². The summed E-state index contributed by atoms with van der Waals surface area (Å²) >= 11 is 5.94. The van der Waals surface area contributed by atoms with E-state index in [0.717, 1.165) is 4.90 Å². The fourth-order valence-electron chi connectivity index (χ4n) is 3.50. The molecule has 2 aromatic carbocycles. The molecular weight excluding hydrogens is 487 g/mol. The van der Waals surface area contributed by atoms with E-state index in [4.69, 9.17) is 22.1 Å². The van der Waals surface area contributed by atoms with Crippen molar-refractivity contribution in [2.45, 2.75) is 45.3 Å². The molecule has 1 aliphatic heterocycles. The van der Waals surface area contributed by atoms with Gasteiger partial charge in [0.1, 0.15) is 22.6 Å². The first-order chi connectivity index (χ1) is 16.1. The molecule has 0 saturated heterocycles. The predicted octanol–water partition coefficient (Wildman–Crippen LogP) is 5.04. The maximum atomic E-state index is 15.7. The molecule has 0 radical (unpaired) electrons. The van der Waals surface area contributed by atoms with Crippen molar-refractivity contribution in [2.75, 3.05) is 18.1 Å². The minimum Gasteiger partial charge on any atom is -0.444 e. The molecule has 1 heterocycles. The van der Waals surface area contributed by atoms with Crippen molar-refractivity contribution in [3.05, 3.63) is 52.3 Å². The second-order valence-corrected chi connectivity index (χ2v) is 9.66. The summed E-state index contributed by atoms with van der Waals surface area (Å²) < 4.78 is 50.4. The van der Waals surface area contributed by atoms with Gasteiger partial charge < -0.3 is 15.8 Å². The van der Waals surface area contributed by atoms with Crippen LogP contribution in [-0.4, -0.2) is 35.5 Å². The molecule has 0 spiro atoms. The number of guanidine groups is 1. The van der Waals surface area contributed by atoms with Crippen molar-refractivity contribution < 1.29 is 27.5 Å². The lowest BCUT2D eigenvalue weighted by molar-refractivity contribution is -0.128. The summed E-state index contributed by atoms with van der Waals surface area (Å²) in [6, 6.07) is 4.75. The number of rotatable bonds is 3. The number of anilines is 3. The highest BCUT2D eigenvalue weighted by atomic mass is 35.5. The number of nitrogen functional groups attached to an aromatic ring is 1. The van der Waals surface area contributed by atoms with Crippen LogP contribution in [0.25, 0.3) is 0 Å².